The molecule has 0 saturated carbocycles. The first kappa shape index (κ1) is 13.6. The van der Waals surface area contributed by atoms with E-state index in [0.29, 0.717) is 0 Å². The largest absolute Gasteiger partial charge is 0.363 e. The van der Waals surface area contributed by atoms with E-state index in [1.807, 2.05) is 47.4 Å². The van der Waals surface area contributed by atoms with Gasteiger partial charge in [0.1, 0.15) is 11.5 Å². The highest BCUT2D eigenvalue weighted by Gasteiger charge is 2.12. The average molecular weight is 303 g/mol. The van der Waals surface area contributed by atoms with Crippen molar-refractivity contribution in [3.8, 4) is 5.69 Å². The van der Waals surface area contributed by atoms with Crippen LogP contribution in [0, 0.1) is 0 Å². The topological polar surface area (TPSA) is 58.5 Å². The second-order valence-corrected chi connectivity index (χ2v) is 5.49. The minimum atomic E-state index is 0.107. The number of benzene rings is 1. The number of anilines is 1. The lowest BCUT2D eigenvalue weighted by molar-refractivity contribution is 0.815. The van der Waals surface area contributed by atoms with E-state index in [0.717, 1.165) is 22.5 Å². The van der Waals surface area contributed by atoms with Crippen molar-refractivity contribution in [2.24, 2.45) is 0 Å². The van der Waals surface area contributed by atoms with E-state index in [9.17, 15) is 0 Å². The second kappa shape index (κ2) is 5.61. The van der Waals surface area contributed by atoms with Gasteiger partial charge in [-0.15, -0.1) is 0 Å². The Morgan fingerprint density at radius 1 is 1.09 bits per heavy atom. The van der Waals surface area contributed by atoms with Gasteiger partial charge >= 0.3 is 0 Å². The summed E-state index contributed by atoms with van der Waals surface area (Å²) >= 11 is 0. The lowest BCUT2D eigenvalue weighted by Gasteiger charge is -2.18. The number of pyridine rings is 1. The number of fused-ring (bicyclic) bond motifs is 1. The first-order chi connectivity index (χ1) is 11.3. The highest BCUT2D eigenvalue weighted by Crippen LogP contribution is 2.24. The van der Waals surface area contributed by atoms with E-state index in [1.54, 1.807) is 6.20 Å². The second-order valence-electron chi connectivity index (χ2n) is 5.49. The third-order valence-corrected chi connectivity index (χ3v) is 3.93. The quantitative estimate of drug-likeness (QED) is 0.600. The van der Waals surface area contributed by atoms with Crippen LogP contribution in [0.25, 0.3) is 16.7 Å². The monoisotopic (exact) mass is 303 g/mol. The molecule has 4 rings (SSSR count). The normalized spacial score (nSPS) is 12.4. The van der Waals surface area contributed by atoms with Crippen LogP contribution in [0.1, 0.15) is 18.5 Å². The van der Waals surface area contributed by atoms with Gasteiger partial charge in [0.2, 0.25) is 0 Å². The molecule has 5 nitrogen and oxygen atoms in total. The number of para-hydroxylation sites is 1. The third kappa shape index (κ3) is 2.57. The fourth-order valence-electron chi connectivity index (χ4n) is 2.78. The van der Waals surface area contributed by atoms with Gasteiger partial charge in [0.25, 0.3) is 0 Å². The zero-order valence-electron chi connectivity index (χ0n) is 12.8. The average Bonchev–Trinajstić information content (AvgIpc) is 3.26. The molecule has 5 heteroatoms. The Bertz CT molecular complexity index is 923. The van der Waals surface area contributed by atoms with Crippen LogP contribution < -0.4 is 5.32 Å². The predicted octanol–water partition coefficient (Wildman–Crippen LogP) is 3.92. The summed E-state index contributed by atoms with van der Waals surface area (Å²) in [5.41, 5.74) is 3.13. The summed E-state index contributed by atoms with van der Waals surface area (Å²) < 4.78 is 1.88. The van der Waals surface area contributed by atoms with Crippen LogP contribution in [0.3, 0.4) is 0 Å². The molecule has 3 aromatic heterocycles. The number of rotatable bonds is 4. The molecular weight excluding hydrogens is 286 g/mol. The summed E-state index contributed by atoms with van der Waals surface area (Å²) in [6, 6.07) is 16.4. The van der Waals surface area contributed by atoms with E-state index >= 15 is 0 Å². The number of H-pyrrole nitrogens is 1. The molecule has 1 atom stereocenters. The molecule has 0 fully saturated rings. The van der Waals surface area contributed by atoms with Gasteiger partial charge < -0.3 is 10.3 Å². The van der Waals surface area contributed by atoms with Gasteiger partial charge in [0.15, 0.2) is 0 Å². The number of aromatic nitrogens is 4. The van der Waals surface area contributed by atoms with E-state index < -0.39 is 0 Å². The fraction of sp³-hybridized carbons (Fsp3) is 0.111. The van der Waals surface area contributed by atoms with Gasteiger partial charge in [-0.2, -0.15) is 5.10 Å². The van der Waals surface area contributed by atoms with Crippen LogP contribution in [0.15, 0.2) is 67.1 Å². The number of hydrogen-bond acceptors (Lipinski definition) is 3. The first-order valence-corrected chi connectivity index (χ1v) is 7.61. The molecule has 0 aliphatic heterocycles. The number of hydrogen-bond donors (Lipinski definition) is 2. The van der Waals surface area contributed by atoms with Gasteiger partial charge in [-0.3, -0.25) is 0 Å². The number of nitrogens with one attached hydrogen (secondary N) is 2. The van der Waals surface area contributed by atoms with E-state index in [1.165, 1.54) is 5.56 Å². The minimum absolute atomic E-state index is 0.107. The van der Waals surface area contributed by atoms with Crippen molar-refractivity contribution in [3.63, 3.8) is 0 Å². The molecule has 114 valence electrons. The van der Waals surface area contributed by atoms with Crippen molar-refractivity contribution < 1.29 is 0 Å². The van der Waals surface area contributed by atoms with Crippen molar-refractivity contribution in [3.05, 3.63) is 72.7 Å². The van der Waals surface area contributed by atoms with Gasteiger partial charge in [-0.25, -0.2) is 9.67 Å². The zero-order valence-corrected chi connectivity index (χ0v) is 12.8. The molecule has 23 heavy (non-hydrogen) atoms. The minimum Gasteiger partial charge on any atom is -0.363 e. The Balaban J connectivity index is 1.65. The van der Waals surface area contributed by atoms with Gasteiger partial charge in [0.05, 0.1) is 11.7 Å². The predicted molar refractivity (Wildman–Crippen MR) is 91.7 cm³/mol. The molecule has 2 N–H and O–H groups in total. The van der Waals surface area contributed by atoms with Crippen molar-refractivity contribution in [2.75, 3.05) is 5.32 Å². The van der Waals surface area contributed by atoms with Gasteiger partial charge in [-0.1, -0.05) is 18.2 Å². The molecule has 3 heterocycles. The SMILES string of the molecule is C[C@@H](Nc1ccc2cc[nH]c2n1)c1ccccc1-n1cccn1. The van der Waals surface area contributed by atoms with Gasteiger partial charge in [-0.05, 0) is 42.8 Å². The van der Waals surface area contributed by atoms with E-state index in [-0.39, 0.29) is 6.04 Å². The molecule has 0 amide bonds. The van der Waals surface area contributed by atoms with E-state index in [4.69, 9.17) is 0 Å². The molecular formula is C18H17N5. The summed E-state index contributed by atoms with van der Waals surface area (Å²) in [5, 5.41) is 8.92. The molecule has 0 saturated heterocycles. The van der Waals surface area contributed by atoms with Crippen molar-refractivity contribution in [1.29, 1.82) is 0 Å². The van der Waals surface area contributed by atoms with E-state index in [2.05, 4.69) is 45.5 Å². The summed E-state index contributed by atoms with van der Waals surface area (Å²) in [6.45, 7) is 2.13. The van der Waals surface area contributed by atoms with Crippen LogP contribution in [0.4, 0.5) is 5.82 Å². The fourth-order valence-corrected chi connectivity index (χ4v) is 2.78. The van der Waals surface area contributed by atoms with Crippen LogP contribution in [-0.2, 0) is 0 Å². The summed E-state index contributed by atoms with van der Waals surface area (Å²) in [7, 11) is 0. The maximum atomic E-state index is 4.60. The number of nitrogens with zero attached hydrogens (tertiary/aromatic N) is 3. The molecule has 0 bridgehead atoms. The van der Waals surface area contributed by atoms with Crippen LogP contribution in [0.2, 0.25) is 0 Å². The molecule has 4 aromatic rings. The number of aromatic amines is 1. The Labute approximate surface area is 134 Å². The van der Waals surface area contributed by atoms with Crippen molar-refractivity contribution in [2.45, 2.75) is 13.0 Å². The first-order valence-electron chi connectivity index (χ1n) is 7.61. The Morgan fingerprint density at radius 3 is 2.87 bits per heavy atom. The molecule has 0 aliphatic carbocycles. The summed E-state index contributed by atoms with van der Waals surface area (Å²) in [4.78, 5) is 7.75. The Kier molecular flexibility index (Phi) is 3.31. The maximum absolute atomic E-state index is 4.60. The molecule has 1 aromatic carbocycles. The molecule has 0 radical (unpaired) electrons. The van der Waals surface area contributed by atoms with Crippen molar-refractivity contribution in [1.82, 2.24) is 19.7 Å². The maximum Gasteiger partial charge on any atom is 0.139 e. The smallest absolute Gasteiger partial charge is 0.139 e. The Morgan fingerprint density at radius 2 is 2.00 bits per heavy atom. The van der Waals surface area contributed by atoms with Crippen LogP contribution >= 0.6 is 0 Å². The third-order valence-electron chi connectivity index (χ3n) is 3.93. The van der Waals surface area contributed by atoms with Gasteiger partial charge in [0, 0.05) is 24.0 Å². The highest BCUT2D eigenvalue weighted by atomic mass is 15.3. The molecule has 0 unspecified atom stereocenters. The molecule has 0 aliphatic rings. The van der Waals surface area contributed by atoms with Crippen molar-refractivity contribution >= 4 is 16.9 Å². The zero-order chi connectivity index (χ0) is 15.6. The summed E-state index contributed by atoms with van der Waals surface area (Å²) in [5.74, 6) is 0.850. The standard InChI is InChI=1S/C18H17N5/c1-13(21-17-8-7-14-9-11-19-18(14)22-17)15-5-2-3-6-16(15)23-12-4-10-20-23/h2-13H,1H3,(H2,19,21,22)/t13-/m1/s1. The molecule has 0 spiro atoms. The Hall–Kier alpha value is -3.08. The summed E-state index contributed by atoms with van der Waals surface area (Å²) in [6.07, 6.45) is 5.64. The lowest BCUT2D eigenvalue weighted by Crippen LogP contribution is -2.11. The van der Waals surface area contributed by atoms with Crippen LogP contribution in [-0.4, -0.2) is 19.7 Å². The lowest BCUT2D eigenvalue weighted by atomic mass is 10.1. The van der Waals surface area contributed by atoms with Crippen LogP contribution in [0.5, 0.6) is 0 Å². The highest BCUT2D eigenvalue weighted by molar-refractivity contribution is 5.77.